The van der Waals surface area contributed by atoms with Gasteiger partial charge in [-0.05, 0) is 54.5 Å². The number of aryl methyl sites for hydroxylation is 1. The van der Waals surface area contributed by atoms with Gasteiger partial charge in [0.1, 0.15) is 12.4 Å². The fourth-order valence-electron chi connectivity index (χ4n) is 2.40. The second kappa shape index (κ2) is 9.88. The summed E-state index contributed by atoms with van der Waals surface area (Å²) >= 11 is 11.4. The maximum absolute atomic E-state index is 6.12. The number of nitrogens with one attached hydrogen (secondary N) is 2. The largest absolute Gasteiger partial charge is 0.489 e. The van der Waals surface area contributed by atoms with E-state index in [1.54, 1.807) is 6.34 Å². The molecule has 6 heteroatoms. The minimum absolute atomic E-state index is 0.431. The molecule has 0 amide bonds. The van der Waals surface area contributed by atoms with E-state index in [0.717, 1.165) is 28.3 Å². The van der Waals surface area contributed by atoms with Crippen LogP contribution in [0.1, 0.15) is 11.1 Å². The summed E-state index contributed by atoms with van der Waals surface area (Å²) in [5.41, 5.74) is 3.71. The molecule has 0 saturated heterocycles. The van der Waals surface area contributed by atoms with E-state index in [0.29, 0.717) is 16.7 Å². The van der Waals surface area contributed by atoms with Crippen LogP contribution in [-0.4, -0.2) is 11.5 Å². The molecule has 2 N–H and O–H groups in total. The predicted molar refractivity (Wildman–Crippen MR) is 121 cm³/mol. The van der Waals surface area contributed by atoms with E-state index in [2.05, 4.69) is 15.6 Å². The van der Waals surface area contributed by atoms with Gasteiger partial charge in [-0.1, -0.05) is 54.1 Å². The molecule has 142 valence electrons. The molecular formula is C22H20ClN3OS. The molecule has 3 rings (SSSR count). The second-order valence-electron chi connectivity index (χ2n) is 6.09. The fourth-order valence-corrected chi connectivity index (χ4v) is 2.75. The summed E-state index contributed by atoms with van der Waals surface area (Å²) in [7, 11) is 0. The van der Waals surface area contributed by atoms with Gasteiger partial charge in [0.15, 0.2) is 5.11 Å². The Morgan fingerprint density at radius 3 is 2.68 bits per heavy atom. The molecule has 0 aliphatic heterocycles. The molecule has 0 aliphatic rings. The average Bonchev–Trinajstić information content (AvgIpc) is 2.70. The third-order valence-corrected chi connectivity index (χ3v) is 4.53. The Hall–Kier alpha value is -2.89. The van der Waals surface area contributed by atoms with Crippen molar-refractivity contribution in [2.45, 2.75) is 13.5 Å². The van der Waals surface area contributed by atoms with Gasteiger partial charge in [0.05, 0.1) is 12.0 Å². The summed E-state index contributed by atoms with van der Waals surface area (Å²) in [5, 5.41) is 7.12. The molecule has 0 fully saturated rings. The van der Waals surface area contributed by atoms with Crippen LogP contribution in [0.4, 0.5) is 11.4 Å². The van der Waals surface area contributed by atoms with E-state index in [-0.39, 0.29) is 0 Å². The van der Waals surface area contributed by atoms with Crippen LogP contribution in [-0.2, 0) is 6.61 Å². The molecule has 4 nitrogen and oxygen atoms in total. The van der Waals surface area contributed by atoms with Crippen LogP contribution in [0, 0.1) is 6.92 Å². The van der Waals surface area contributed by atoms with Crippen molar-refractivity contribution < 1.29 is 4.74 Å². The van der Waals surface area contributed by atoms with Crippen molar-refractivity contribution in [2.24, 2.45) is 4.99 Å². The van der Waals surface area contributed by atoms with Gasteiger partial charge in [0.25, 0.3) is 0 Å². The summed E-state index contributed by atoms with van der Waals surface area (Å²) in [5.74, 6) is 0.758. The summed E-state index contributed by atoms with van der Waals surface area (Å²) in [4.78, 5) is 4.37. The number of hydrogen-bond donors (Lipinski definition) is 2. The Labute approximate surface area is 175 Å². The molecule has 0 atom stereocenters. The molecule has 0 heterocycles. The Morgan fingerprint density at radius 2 is 1.89 bits per heavy atom. The zero-order chi connectivity index (χ0) is 19.8. The smallest absolute Gasteiger partial charge is 0.175 e. The van der Waals surface area contributed by atoms with Crippen LogP contribution < -0.4 is 15.4 Å². The maximum Gasteiger partial charge on any atom is 0.175 e. The molecular weight excluding hydrogens is 390 g/mol. The fraction of sp³-hybridized carbons (Fsp3) is 0.0909. The first-order chi connectivity index (χ1) is 13.6. The molecule has 3 aromatic rings. The first-order valence-corrected chi connectivity index (χ1v) is 9.52. The maximum atomic E-state index is 6.12. The molecule has 0 radical (unpaired) electrons. The number of hydrogen-bond acceptors (Lipinski definition) is 3. The first kappa shape index (κ1) is 19.9. The molecule has 0 aliphatic carbocycles. The van der Waals surface area contributed by atoms with Crippen LogP contribution >= 0.6 is 23.8 Å². The second-order valence-corrected chi connectivity index (χ2v) is 6.91. The van der Waals surface area contributed by atoms with Crippen molar-refractivity contribution >= 4 is 46.6 Å². The third-order valence-electron chi connectivity index (χ3n) is 3.90. The minimum Gasteiger partial charge on any atom is -0.489 e. The van der Waals surface area contributed by atoms with Crippen LogP contribution in [0.15, 0.2) is 77.8 Å². The van der Waals surface area contributed by atoms with Gasteiger partial charge < -0.3 is 15.4 Å². The molecule has 0 saturated carbocycles. The lowest BCUT2D eigenvalue weighted by atomic mass is 10.2. The van der Waals surface area contributed by atoms with Gasteiger partial charge >= 0.3 is 0 Å². The molecule has 0 aromatic heterocycles. The highest BCUT2D eigenvalue weighted by Crippen LogP contribution is 2.21. The van der Waals surface area contributed by atoms with Crippen molar-refractivity contribution in [3.8, 4) is 5.75 Å². The van der Waals surface area contributed by atoms with Crippen LogP contribution in [0.3, 0.4) is 0 Å². The normalized spacial score (nSPS) is 10.6. The van der Waals surface area contributed by atoms with E-state index in [1.807, 2.05) is 79.7 Å². The van der Waals surface area contributed by atoms with E-state index >= 15 is 0 Å². The lowest BCUT2D eigenvalue weighted by Gasteiger charge is -2.09. The number of aliphatic imine (C=N–C) groups is 1. The van der Waals surface area contributed by atoms with Gasteiger partial charge in [-0.25, -0.2) is 4.99 Å². The van der Waals surface area contributed by atoms with E-state index < -0.39 is 0 Å². The Balaban J connectivity index is 1.52. The Kier molecular flexibility index (Phi) is 7.00. The highest BCUT2D eigenvalue weighted by molar-refractivity contribution is 7.80. The first-order valence-electron chi connectivity index (χ1n) is 8.73. The highest BCUT2D eigenvalue weighted by atomic mass is 35.5. The van der Waals surface area contributed by atoms with Crippen molar-refractivity contribution in [3.63, 3.8) is 0 Å². The van der Waals surface area contributed by atoms with Crippen molar-refractivity contribution in [3.05, 3.63) is 88.9 Å². The quantitative estimate of drug-likeness (QED) is 0.303. The number of rotatable bonds is 6. The average molecular weight is 410 g/mol. The third kappa shape index (κ3) is 6.08. The lowest BCUT2D eigenvalue weighted by molar-refractivity contribution is 0.306. The summed E-state index contributed by atoms with van der Waals surface area (Å²) < 4.78 is 5.82. The van der Waals surface area contributed by atoms with Crippen LogP contribution in [0.25, 0.3) is 0 Å². The van der Waals surface area contributed by atoms with Crippen LogP contribution in [0.5, 0.6) is 5.75 Å². The summed E-state index contributed by atoms with van der Waals surface area (Å²) in [6, 6.07) is 23.3. The number of thiocarbonyl (C=S) groups is 1. The van der Waals surface area contributed by atoms with E-state index in [1.165, 1.54) is 0 Å². The summed E-state index contributed by atoms with van der Waals surface area (Å²) in [6.45, 7) is 2.46. The van der Waals surface area contributed by atoms with Crippen molar-refractivity contribution in [1.29, 1.82) is 0 Å². The molecule has 28 heavy (non-hydrogen) atoms. The number of anilines is 1. The number of ether oxygens (including phenoxy) is 1. The topological polar surface area (TPSA) is 45.7 Å². The number of benzene rings is 3. The van der Waals surface area contributed by atoms with Gasteiger partial charge in [-0.2, -0.15) is 0 Å². The lowest BCUT2D eigenvalue weighted by Crippen LogP contribution is -2.26. The number of halogens is 1. The van der Waals surface area contributed by atoms with Gasteiger partial charge in [-0.3, -0.25) is 0 Å². The molecule has 0 unspecified atom stereocenters. The SMILES string of the molecule is Cc1ccc(NC(=S)NC=Nc2cccc(OCc3ccccc3)c2)cc1Cl. The van der Waals surface area contributed by atoms with Crippen molar-refractivity contribution in [1.82, 2.24) is 5.32 Å². The van der Waals surface area contributed by atoms with Crippen molar-refractivity contribution in [2.75, 3.05) is 5.32 Å². The zero-order valence-electron chi connectivity index (χ0n) is 15.4. The number of nitrogens with zero attached hydrogens (tertiary/aromatic N) is 1. The molecule has 3 aromatic carbocycles. The van der Waals surface area contributed by atoms with E-state index in [9.17, 15) is 0 Å². The zero-order valence-corrected chi connectivity index (χ0v) is 16.9. The predicted octanol–water partition coefficient (Wildman–Crippen LogP) is 5.87. The van der Waals surface area contributed by atoms with Gasteiger partial charge in [0, 0.05) is 16.8 Å². The standard InChI is InChI=1S/C22H20ClN3OS/c1-16-10-11-19(13-21(16)23)26-22(28)25-15-24-18-8-5-9-20(12-18)27-14-17-6-3-2-4-7-17/h2-13,15H,14H2,1H3,(H2,24,25,26,28). The summed E-state index contributed by atoms with van der Waals surface area (Å²) in [6.07, 6.45) is 1.54. The van der Waals surface area contributed by atoms with E-state index in [4.69, 9.17) is 28.6 Å². The highest BCUT2D eigenvalue weighted by Gasteiger charge is 2.00. The Morgan fingerprint density at radius 1 is 1.07 bits per heavy atom. The Bertz CT molecular complexity index is 977. The molecule has 0 bridgehead atoms. The van der Waals surface area contributed by atoms with Gasteiger partial charge in [-0.15, -0.1) is 0 Å². The molecule has 0 spiro atoms. The monoisotopic (exact) mass is 409 g/mol. The van der Waals surface area contributed by atoms with Gasteiger partial charge in [0.2, 0.25) is 0 Å². The minimum atomic E-state index is 0.431. The van der Waals surface area contributed by atoms with Crippen LogP contribution in [0.2, 0.25) is 5.02 Å².